The Morgan fingerprint density at radius 2 is 2.07 bits per heavy atom. The van der Waals surface area contributed by atoms with Gasteiger partial charge in [0.15, 0.2) is 0 Å². The predicted molar refractivity (Wildman–Crippen MR) is 99.3 cm³/mol. The zero-order valence-electron chi connectivity index (χ0n) is 14.9. The molecule has 27 heavy (non-hydrogen) atoms. The van der Waals surface area contributed by atoms with Gasteiger partial charge < -0.3 is 15.1 Å². The second-order valence-corrected chi connectivity index (χ2v) is 6.98. The number of anilines is 1. The standard InChI is InChI=1S/C19H22N4O4/c24-17-4-2-13(19(26)22-17)15-11-27-16-3-1-12(9-14(15)16)21-18(25)10-23-7-5-20-6-8-23/h1,3,9,11,13,20H,2,4-8,10H2,(H,21,25)(H,22,24,26). The minimum absolute atomic E-state index is 0.0673. The number of hydrogen-bond acceptors (Lipinski definition) is 6. The minimum atomic E-state index is -0.421. The fourth-order valence-corrected chi connectivity index (χ4v) is 3.66. The van der Waals surface area contributed by atoms with E-state index >= 15 is 0 Å². The Morgan fingerprint density at radius 3 is 2.85 bits per heavy atom. The van der Waals surface area contributed by atoms with E-state index in [0.717, 1.165) is 37.1 Å². The van der Waals surface area contributed by atoms with Gasteiger partial charge in [-0.1, -0.05) is 0 Å². The number of imide groups is 1. The molecule has 0 aliphatic carbocycles. The van der Waals surface area contributed by atoms with Crippen molar-refractivity contribution in [1.82, 2.24) is 15.5 Å². The summed E-state index contributed by atoms with van der Waals surface area (Å²) < 4.78 is 5.57. The molecule has 1 atom stereocenters. The van der Waals surface area contributed by atoms with Crippen LogP contribution >= 0.6 is 0 Å². The van der Waals surface area contributed by atoms with Gasteiger partial charge in [-0.2, -0.15) is 0 Å². The molecule has 3 heterocycles. The zero-order chi connectivity index (χ0) is 18.8. The molecule has 0 saturated carbocycles. The molecule has 8 nitrogen and oxygen atoms in total. The molecule has 1 unspecified atom stereocenters. The third kappa shape index (κ3) is 3.86. The number of nitrogens with zero attached hydrogens (tertiary/aromatic N) is 1. The highest BCUT2D eigenvalue weighted by Crippen LogP contribution is 2.33. The molecule has 2 saturated heterocycles. The molecule has 0 bridgehead atoms. The van der Waals surface area contributed by atoms with Gasteiger partial charge in [0.05, 0.1) is 18.7 Å². The molecule has 4 rings (SSSR count). The Kier molecular flexibility index (Phi) is 4.91. The molecule has 142 valence electrons. The maximum absolute atomic E-state index is 12.3. The quantitative estimate of drug-likeness (QED) is 0.688. The third-order valence-corrected chi connectivity index (χ3v) is 5.08. The van der Waals surface area contributed by atoms with Crippen LogP contribution < -0.4 is 16.0 Å². The van der Waals surface area contributed by atoms with Crippen LogP contribution in [0.15, 0.2) is 28.9 Å². The fraction of sp³-hybridized carbons (Fsp3) is 0.421. The lowest BCUT2D eigenvalue weighted by Crippen LogP contribution is -2.46. The summed E-state index contributed by atoms with van der Waals surface area (Å²) in [6.45, 7) is 3.85. The monoisotopic (exact) mass is 370 g/mol. The maximum Gasteiger partial charge on any atom is 0.238 e. The first-order valence-electron chi connectivity index (χ1n) is 9.18. The van der Waals surface area contributed by atoms with Crippen molar-refractivity contribution in [1.29, 1.82) is 0 Å². The number of benzene rings is 1. The lowest BCUT2D eigenvalue weighted by atomic mass is 9.90. The van der Waals surface area contributed by atoms with Gasteiger partial charge >= 0.3 is 0 Å². The van der Waals surface area contributed by atoms with Gasteiger partial charge in [-0.05, 0) is 24.6 Å². The average Bonchev–Trinajstić information content (AvgIpc) is 3.05. The molecule has 3 amide bonds. The van der Waals surface area contributed by atoms with Crippen LogP contribution in [0, 0.1) is 0 Å². The van der Waals surface area contributed by atoms with E-state index in [2.05, 4.69) is 20.9 Å². The van der Waals surface area contributed by atoms with Crippen molar-refractivity contribution in [2.75, 3.05) is 38.0 Å². The van der Waals surface area contributed by atoms with Gasteiger partial charge in [0, 0.05) is 49.2 Å². The number of nitrogens with one attached hydrogen (secondary N) is 3. The molecule has 0 radical (unpaired) electrons. The second-order valence-electron chi connectivity index (χ2n) is 6.98. The van der Waals surface area contributed by atoms with Crippen LogP contribution in [-0.4, -0.2) is 55.3 Å². The number of carbonyl (C=O) groups excluding carboxylic acids is 3. The summed E-state index contributed by atoms with van der Waals surface area (Å²) in [5, 5.41) is 9.34. The van der Waals surface area contributed by atoms with Gasteiger partial charge in [-0.25, -0.2) is 0 Å². The summed E-state index contributed by atoms with van der Waals surface area (Å²) in [6, 6.07) is 5.40. The normalized spacial score (nSPS) is 21.3. The second kappa shape index (κ2) is 7.50. The first-order valence-corrected chi connectivity index (χ1v) is 9.18. The average molecular weight is 370 g/mol. The van der Waals surface area contributed by atoms with Crippen molar-refractivity contribution in [3.8, 4) is 0 Å². The Bertz CT molecular complexity index is 885. The van der Waals surface area contributed by atoms with E-state index in [9.17, 15) is 14.4 Å². The summed E-state index contributed by atoms with van der Waals surface area (Å²) in [5.74, 6) is -1.04. The van der Waals surface area contributed by atoms with Crippen LogP contribution in [-0.2, 0) is 14.4 Å². The van der Waals surface area contributed by atoms with E-state index < -0.39 is 5.92 Å². The molecule has 1 aromatic heterocycles. The zero-order valence-corrected chi connectivity index (χ0v) is 14.9. The van der Waals surface area contributed by atoms with E-state index in [1.807, 2.05) is 6.07 Å². The molecular formula is C19H22N4O4. The Morgan fingerprint density at radius 1 is 1.26 bits per heavy atom. The molecular weight excluding hydrogens is 348 g/mol. The largest absolute Gasteiger partial charge is 0.464 e. The lowest BCUT2D eigenvalue weighted by molar-refractivity contribution is -0.134. The first kappa shape index (κ1) is 17.7. The van der Waals surface area contributed by atoms with E-state index in [-0.39, 0.29) is 17.7 Å². The van der Waals surface area contributed by atoms with Crippen molar-refractivity contribution in [2.45, 2.75) is 18.8 Å². The van der Waals surface area contributed by atoms with Crippen molar-refractivity contribution < 1.29 is 18.8 Å². The fourth-order valence-electron chi connectivity index (χ4n) is 3.66. The number of fused-ring (bicyclic) bond motifs is 1. The van der Waals surface area contributed by atoms with E-state index in [0.29, 0.717) is 30.7 Å². The molecule has 2 aromatic rings. The Labute approximate surface area is 156 Å². The van der Waals surface area contributed by atoms with Gasteiger partial charge in [0.25, 0.3) is 0 Å². The number of piperidine rings is 1. The van der Waals surface area contributed by atoms with E-state index in [1.54, 1.807) is 18.4 Å². The molecule has 8 heteroatoms. The molecule has 2 aliphatic rings. The Balaban J connectivity index is 1.50. The van der Waals surface area contributed by atoms with Crippen LogP contribution in [0.25, 0.3) is 11.0 Å². The molecule has 3 N–H and O–H groups in total. The van der Waals surface area contributed by atoms with E-state index in [4.69, 9.17) is 4.42 Å². The van der Waals surface area contributed by atoms with Crippen molar-refractivity contribution >= 4 is 34.4 Å². The molecule has 2 fully saturated rings. The predicted octanol–water partition coefficient (Wildman–Crippen LogP) is 0.797. The van der Waals surface area contributed by atoms with Crippen molar-refractivity contribution in [3.63, 3.8) is 0 Å². The summed E-state index contributed by atoms with van der Waals surface area (Å²) in [5.41, 5.74) is 2.06. The number of hydrogen-bond donors (Lipinski definition) is 3. The topological polar surface area (TPSA) is 104 Å². The highest BCUT2D eigenvalue weighted by molar-refractivity contribution is 6.03. The summed E-state index contributed by atoms with van der Waals surface area (Å²) in [6.07, 6.45) is 2.33. The highest BCUT2D eigenvalue weighted by Gasteiger charge is 2.30. The van der Waals surface area contributed by atoms with Crippen molar-refractivity contribution in [3.05, 3.63) is 30.0 Å². The number of amides is 3. The highest BCUT2D eigenvalue weighted by atomic mass is 16.3. The van der Waals surface area contributed by atoms with Crippen LogP contribution in [0.3, 0.4) is 0 Å². The van der Waals surface area contributed by atoms with Gasteiger partial charge in [-0.15, -0.1) is 0 Å². The minimum Gasteiger partial charge on any atom is -0.464 e. The summed E-state index contributed by atoms with van der Waals surface area (Å²) in [7, 11) is 0. The van der Waals surface area contributed by atoms with Crippen LogP contribution in [0.5, 0.6) is 0 Å². The number of carbonyl (C=O) groups is 3. The van der Waals surface area contributed by atoms with Crippen LogP contribution in [0.1, 0.15) is 24.3 Å². The van der Waals surface area contributed by atoms with Gasteiger partial charge in [0.2, 0.25) is 17.7 Å². The third-order valence-electron chi connectivity index (χ3n) is 5.08. The van der Waals surface area contributed by atoms with E-state index in [1.165, 1.54) is 0 Å². The smallest absolute Gasteiger partial charge is 0.238 e. The SMILES string of the molecule is O=C1CCC(c2coc3ccc(NC(=O)CN4CCNCC4)cc23)C(=O)N1. The van der Waals surface area contributed by atoms with Gasteiger partial charge in [-0.3, -0.25) is 24.6 Å². The summed E-state index contributed by atoms with van der Waals surface area (Å²) >= 11 is 0. The molecule has 0 spiro atoms. The van der Waals surface area contributed by atoms with Crippen molar-refractivity contribution in [2.24, 2.45) is 0 Å². The van der Waals surface area contributed by atoms with Crippen LogP contribution in [0.4, 0.5) is 5.69 Å². The number of rotatable bonds is 4. The number of piperazine rings is 1. The number of furan rings is 1. The molecule has 2 aliphatic heterocycles. The lowest BCUT2D eigenvalue weighted by Gasteiger charge is -2.26. The Hall–Kier alpha value is -2.71. The molecule has 1 aromatic carbocycles. The van der Waals surface area contributed by atoms with Crippen LogP contribution in [0.2, 0.25) is 0 Å². The van der Waals surface area contributed by atoms with Gasteiger partial charge in [0.1, 0.15) is 5.58 Å². The summed E-state index contributed by atoms with van der Waals surface area (Å²) in [4.78, 5) is 38.0. The maximum atomic E-state index is 12.3. The first-order chi connectivity index (χ1) is 13.1.